The number of carbonyl (C=O) groups excluding carboxylic acids is 2. The number of hydrogen-bond donors (Lipinski definition) is 5. The molecule has 5 N–H and O–H groups in total. The number of Topliss-reactive ketones (excluding diaryl/α,β-unsaturated/α-hetero) is 1. The Kier molecular flexibility index (Phi) is 10.5. The Morgan fingerprint density at radius 3 is 2.41 bits per heavy atom. The van der Waals surface area contributed by atoms with Crippen molar-refractivity contribution in [3.63, 3.8) is 0 Å². The molecule has 3 heterocycles. The number of rotatable bonds is 10. The van der Waals surface area contributed by atoms with Crippen LogP contribution >= 0.6 is 0 Å². The zero-order valence-corrected chi connectivity index (χ0v) is 22.8. The topological polar surface area (TPSA) is 181 Å². The lowest BCUT2D eigenvalue weighted by Crippen LogP contribution is -2.60. The van der Waals surface area contributed by atoms with Crippen LogP contribution in [-0.4, -0.2) is 100 Å². The van der Waals surface area contributed by atoms with Gasteiger partial charge in [0.1, 0.15) is 35.9 Å². The van der Waals surface area contributed by atoms with E-state index < -0.39 is 67.5 Å². The van der Waals surface area contributed by atoms with E-state index in [9.17, 15) is 35.1 Å². The van der Waals surface area contributed by atoms with Gasteiger partial charge in [0.15, 0.2) is 6.29 Å². The molecule has 0 spiro atoms. The lowest BCUT2D eigenvalue weighted by atomic mass is 9.78. The number of carbonyl (C=O) groups is 2. The van der Waals surface area contributed by atoms with Crippen LogP contribution in [0, 0.1) is 11.8 Å². The fraction of sp³-hybridized carbons (Fsp3) is 0.586. The van der Waals surface area contributed by atoms with Crippen LogP contribution < -0.4 is 0 Å². The molecule has 0 radical (unpaired) electrons. The van der Waals surface area contributed by atoms with Crippen LogP contribution in [0.2, 0.25) is 0 Å². The highest BCUT2D eigenvalue weighted by Gasteiger charge is 2.48. The zero-order valence-electron chi connectivity index (χ0n) is 22.8. The van der Waals surface area contributed by atoms with E-state index in [2.05, 4.69) is 6.58 Å². The Balaban J connectivity index is 1.48. The molecular weight excluding hydrogens is 540 g/mol. The molecule has 10 atom stereocenters. The molecule has 0 aromatic heterocycles. The number of esters is 1. The highest BCUT2D eigenvalue weighted by Crippen LogP contribution is 2.39. The molecule has 12 heteroatoms. The van der Waals surface area contributed by atoms with Crippen LogP contribution in [-0.2, 0) is 39.7 Å². The van der Waals surface area contributed by atoms with Crippen LogP contribution in [0.15, 0.2) is 48.8 Å². The maximum absolute atomic E-state index is 12.7. The number of benzene rings is 1. The number of methoxy groups -OCH3 is 1. The monoisotopic (exact) mass is 578 g/mol. The number of ketones is 1. The zero-order chi connectivity index (χ0) is 29.7. The minimum atomic E-state index is -1.65. The molecule has 0 saturated carbocycles. The molecule has 0 aliphatic carbocycles. The molecular formula is C29H38O12. The summed E-state index contributed by atoms with van der Waals surface area (Å²) in [6.45, 7) is 3.24. The van der Waals surface area contributed by atoms with Gasteiger partial charge in [-0.05, 0) is 37.0 Å². The SMILES string of the molecule is C=C[C@H]1[C@H](O[C@@H]2O[C@H](CO)[C@@H](O)[C@H](O)[C@H]2O)OC=C(C(=O)OC)[C@H]1C[C@@H]1CC(=O)C[C@H](CCc2ccc(O)cc2)O1. The van der Waals surface area contributed by atoms with Crippen molar-refractivity contribution in [1.29, 1.82) is 0 Å². The van der Waals surface area contributed by atoms with Gasteiger partial charge < -0.3 is 49.2 Å². The molecule has 41 heavy (non-hydrogen) atoms. The summed E-state index contributed by atoms with van der Waals surface area (Å²) < 4.78 is 28.2. The van der Waals surface area contributed by atoms with Gasteiger partial charge in [-0.1, -0.05) is 18.2 Å². The molecule has 0 bridgehead atoms. The van der Waals surface area contributed by atoms with Crippen LogP contribution in [0.25, 0.3) is 0 Å². The maximum Gasteiger partial charge on any atom is 0.337 e. The average molecular weight is 579 g/mol. The number of phenols is 1. The molecule has 4 rings (SSSR count). The van der Waals surface area contributed by atoms with E-state index >= 15 is 0 Å². The quantitative estimate of drug-likeness (QED) is 0.192. The second kappa shape index (κ2) is 13.9. The third-order valence-electron chi connectivity index (χ3n) is 7.82. The number of ether oxygens (including phenoxy) is 5. The van der Waals surface area contributed by atoms with Gasteiger partial charge in [-0.3, -0.25) is 4.79 Å². The van der Waals surface area contributed by atoms with Crippen LogP contribution in [0.4, 0.5) is 0 Å². The highest BCUT2D eigenvalue weighted by atomic mass is 16.8. The normalized spacial score (nSPS) is 35.7. The number of hydrogen-bond acceptors (Lipinski definition) is 12. The Morgan fingerprint density at radius 1 is 1.05 bits per heavy atom. The smallest absolute Gasteiger partial charge is 0.337 e. The van der Waals surface area contributed by atoms with Gasteiger partial charge in [0, 0.05) is 24.7 Å². The van der Waals surface area contributed by atoms with Gasteiger partial charge in [0.2, 0.25) is 6.29 Å². The second-order valence-electron chi connectivity index (χ2n) is 10.6. The Hall–Kier alpha value is -2.84. The van der Waals surface area contributed by atoms with Crippen molar-refractivity contribution in [3.8, 4) is 5.75 Å². The molecule has 2 fully saturated rings. The third kappa shape index (κ3) is 7.33. The first-order valence-electron chi connectivity index (χ1n) is 13.6. The van der Waals surface area contributed by atoms with Crippen molar-refractivity contribution in [2.45, 2.75) is 81.3 Å². The van der Waals surface area contributed by atoms with Crippen LogP contribution in [0.3, 0.4) is 0 Å². The molecule has 226 valence electrons. The lowest BCUT2D eigenvalue weighted by molar-refractivity contribution is -0.339. The fourth-order valence-electron chi connectivity index (χ4n) is 5.57. The largest absolute Gasteiger partial charge is 0.508 e. The predicted molar refractivity (Wildman–Crippen MR) is 141 cm³/mol. The van der Waals surface area contributed by atoms with Crippen molar-refractivity contribution in [2.75, 3.05) is 13.7 Å². The van der Waals surface area contributed by atoms with Gasteiger partial charge in [0.05, 0.1) is 37.8 Å². The summed E-state index contributed by atoms with van der Waals surface area (Å²) in [5.41, 5.74) is 1.19. The summed E-state index contributed by atoms with van der Waals surface area (Å²) in [4.78, 5) is 25.4. The number of aryl methyl sites for hydroxylation is 1. The summed E-state index contributed by atoms with van der Waals surface area (Å²) in [6.07, 6.45) is -4.88. The van der Waals surface area contributed by atoms with E-state index in [1.807, 2.05) is 12.1 Å². The van der Waals surface area contributed by atoms with Crippen molar-refractivity contribution in [1.82, 2.24) is 0 Å². The standard InChI is InChI=1S/C29H38O12/c1-3-20-21(12-19-11-17(32)10-18(39-19)9-6-15-4-7-16(31)8-5-15)22(27(36)37-2)14-38-28(20)41-29-26(35)25(34)24(33)23(13-30)40-29/h3-5,7-8,14,18-21,23-26,28-31,33-35H,1,6,9-13H2,2H3/t18-,19-,20+,21-,23+,24+,25-,26+,28-,29-/m0/s1. The summed E-state index contributed by atoms with van der Waals surface area (Å²) in [7, 11) is 1.24. The highest BCUT2D eigenvalue weighted by molar-refractivity contribution is 5.89. The first-order valence-corrected chi connectivity index (χ1v) is 13.6. The number of aliphatic hydroxyl groups is 4. The Bertz CT molecular complexity index is 1090. The molecule has 1 aromatic carbocycles. The number of aromatic hydroxyl groups is 1. The minimum Gasteiger partial charge on any atom is -0.508 e. The minimum absolute atomic E-state index is 0.0388. The van der Waals surface area contributed by atoms with E-state index in [4.69, 9.17) is 23.7 Å². The van der Waals surface area contributed by atoms with E-state index in [1.165, 1.54) is 19.4 Å². The van der Waals surface area contributed by atoms with Crippen molar-refractivity contribution >= 4 is 11.8 Å². The predicted octanol–water partition coefficient (Wildman–Crippen LogP) is 0.480. The third-order valence-corrected chi connectivity index (χ3v) is 7.82. The van der Waals surface area contributed by atoms with E-state index in [0.29, 0.717) is 12.8 Å². The van der Waals surface area contributed by atoms with Gasteiger partial charge >= 0.3 is 5.97 Å². The number of aliphatic hydroxyl groups excluding tert-OH is 4. The van der Waals surface area contributed by atoms with E-state index in [-0.39, 0.29) is 42.5 Å². The summed E-state index contributed by atoms with van der Waals surface area (Å²) >= 11 is 0. The van der Waals surface area contributed by atoms with Crippen LogP contribution in [0.5, 0.6) is 5.75 Å². The molecule has 3 aliphatic heterocycles. The maximum atomic E-state index is 12.7. The Morgan fingerprint density at radius 2 is 1.76 bits per heavy atom. The molecule has 12 nitrogen and oxygen atoms in total. The lowest BCUT2D eigenvalue weighted by Gasteiger charge is -2.43. The molecule has 0 unspecified atom stereocenters. The molecule has 1 aromatic rings. The fourth-order valence-corrected chi connectivity index (χ4v) is 5.57. The van der Waals surface area contributed by atoms with Gasteiger partial charge in [-0.15, -0.1) is 6.58 Å². The summed E-state index contributed by atoms with van der Waals surface area (Å²) in [5, 5.41) is 49.7. The van der Waals surface area contributed by atoms with Crippen LogP contribution in [0.1, 0.15) is 31.2 Å². The van der Waals surface area contributed by atoms with Gasteiger partial charge in [-0.25, -0.2) is 4.79 Å². The van der Waals surface area contributed by atoms with Crippen molar-refractivity contribution < 1.29 is 58.8 Å². The van der Waals surface area contributed by atoms with Gasteiger partial charge in [0.25, 0.3) is 0 Å². The van der Waals surface area contributed by atoms with Crippen molar-refractivity contribution in [3.05, 3.63) is 54.3 Å². The molecule has 3 aliphatic rings. The first-order chi connectivity index (χ1) is 19.6. The molecule has 2 saturated heterocycles. The number of phenolic OH excluding ortho intramolecular Hbond substituents is 1. The first kappa shape index (κ1) is 31.1. The molecule has 0 amide bonds. The summed E-state index contributed by atoms with van der Waals surface area (Å²) in [6, 6.07) is 6.85. The van der Waals surface area contributed by atoms with E-state index in [1.54, 1.807) is 12.1 Å². The van der Waals surface area contributed by atoms with E-state index in [0.717, 1.165) is 5.56 Å². The average Bonchev–Trinajstić information content (AvgIpc) is 2.96. The van der Waals surface area contributed by atoms with Crippen molar-refractivity contribution in [2.24, 2.45) is 11.8 Å². The summed E-state index contributed by atoms with van der Waals surface area (Å²) in [5.74, 6) is -1.74. The second-order valence-corrected chi connectivity index (χ2v) is 10.6. The van der Waals surface area contributed by atoms with Gasteiger partial charge in [-0.2, -0.15) is 0 Å². The Labute approximate surface area is 237 Å².